The summed E-state index contributed by atoms with van der Waals surface area (Å²) >= 11 is 0. The molecule has 1 fully saturated rings. The van der Waals surface area contributed by atoms with Crippen molar-refractivity contribution in [3.63, 3.8) is 0 Å². The summed E-state index contributed by atoms with van der Waals surface area (Å²) in [6, 6.07) is 6.19. The van der Waals surface area contributed by atoms with E-state index in [1.807, 2.05) is 6.92 Å². The number of carbonyl (C=O) groups excluding carboxylic acids is 1. The Bertz CT molecular complexity index is 756. The zero-order chi connectivity index (χ0) is 23.2. The summed E-state index contributed by atoms with van der Waals surface area (Å²) in [5, 5.41) is 0. The molecule has 3 nitrogen and oxygen atoms in total. The predicted molar refractivity (Wildman–Crippen MR) is 88.7 cm³/mol. The van der Waals surface area contributed by atoms with Gasteiger partial charge in [0.2, 0.25) is 0 Å². The Balaban J connectivity index is 0.00000480. The number of ether oxygens (including phenoxy) is 1. The van der Waals surface area contributed by atoms with Crippen molar-refractivity contribution >= 4 is 18.2 Å². The minimum Gasteiger partial charge on any atom is -0.494 e. The standard InChI is InChI=1S/C17H25NO2.ClH/c1-2-14-20-16-8-6-15(7-9-16)17(19)10-13-18-11-4-3-5-12-18;/h6-9H,2-5,10-14H2,1H3;1H/i3D2,4D2,5D2,11D2,12D2;. The van der Waals surface area contributed by atoms with Crippen LogP contribution in [-0.4, -0.2) is 36.8 Å². The van der Waals surface area contributed by atoms with Gasteiger partial charge in [-0.05, 0) is 56.4 Å². The van der Waals surface area contributed by atoms with Crippen LogP contribution in [0.3, 0.4) is 0 Å². The fraction of sp³-hybridized carbons (Fsp3) is 0.588. The van der Waals surface area contributed by atoms with Crippen LogP contribution in [-0.2, 0) is 0 Å². The van der Waals surface area contributed by atoms with Crippen molar-refractivity contribution in [2.75, 3.05) is 26.1 Å². The molecule has 2 rings (SSSR count). The summed E-state index contributed by atoms with van der Waals surface area (Å²) in [6.07, 6.45) is -9.81. The quantitative estimate of drug-likeness (QED) is 0.712. The second kappa shape index (κ2) is 9.80. The number of ketones is 1. The lowest BCUT2D eigenvalue weighted by atomic mass is 10.1. The Morgan fingerprint density at radius 3 is 2.52 bits per heavy atom. The van der Waals surface area contributed by atoms with Crippen LogP contribution in [0, 0.1) is 0 Å². The number of benzene rings is 1. The Labute approximate surface area is 148 Å². The monoisotopic (exact) mass is 321 g/mol. The fourth-order valence-corrected chi connectivity index (χ4v) is 1.68. The van der Waals surface area contributed by atoms with Crippen molar-refractivity contribution in [3.05, 3.63) is 29.8 Å². The first-order valence-corrected chi connectivity index (χ1v) is 6.59. The number of nitrogens with zero attached hydrogens (tertiary/aromatic N) is 1. The highest BCUT2D eigenvalue weighted by molar-refractivity contribution is 5.96. The molecule has 1 aliphatic rings. The van der Waals surface area contributed by atoms with Crippen LogP contribution >= 0.6 is 12.4 Å². The lowest BCUT2D eigenvalue weighted by molar-refractivity contribution is 0.0958. The van der Waals surface area contributed by atoms with Crippen LogP contribution in [0.1, 0.15) is 62.9 Å². The highest BCUT2D eigenvalue weighted by Crippen LogP contribution is 2.15. The normalized spacial score (nSPS) is 34.3. The molecule has 1 aromatic rings. The molecule has 0 N–H and O–H groups in total. The maximum absolute atomic E-state index is 12.5. The van der Waals surface area contributed by atoms with E-state index in [0.29, 0.717) is 12.4 Å². The number of likely N-dealkylation sites (tertiary alicyclic amines) is 1. The van der Waals surface area contributed by atoms with E-state index in [1.165, 1.54) is 12.1 Å². The van der Waals surface area contributed by atoms with E-state index in [2.05, 4.69) is 0 Å². The zero-order valence-corrected chi connectivity index (χ0v) is 12.6. The van der Waals surface area contributed by atoms with E-state index in [0.717, 1.165) is 6.42 Å². The molecule has 0 atom stereocenters. The van der Waals surface area contributed by atoms with Gasteiger partial charge in [0.05, 0.1) is 6.61 Å². The maximum atomic E-state index is 12.5. The summed E-state index contributed by atoms with van der Waals surface area (Å²) < 4.78 is 84.8. The van der Waals surface area contributed by atoms with Crippen molar-refractivity contribution < 1.29 is 23.2 Å². The summed E-state index contributed by atoms with van der Waals surface area (Å²) in [6.45, 7) is -4.58. The van der Waals surface area contributed by atoms with Gasteiger partial charge < -0.3 is 9.64 Å². The molecule has 4 heteroatoms. The molecule has 21 heavy (non-hydrogen) atoms. The molecule has 0 radical (unpaired) electrons. The van der Waals surface area contributed by atoms with Crippen LogP contribution < -0.4 is 4.74 Å². The first-order chi connectivity index (χ1) is 13.6. The number of hydrogen-bond donors (Lipinski definition) is 0. The van der Waals surface area contributed by atoms with Crippen molar-refractivity contribution in [1.29, 1.82) is 0 Å². The molecule has 0 aromatic heterocycles. The van der Waals surface area contributed by atoms with Gasteiger partial charge in [-0.25, -0.2) is 0 Å². The molecule has 0 spiro atoms. The van der Waals surface area contributed by atoms with Crippen molar-refractivity contribution in [1.82, 2.24) is 4.90 Å². The third-order valence-corrected chi connectivity index (χ3v) is 2.72. The number of piperidine rings is 1. The van der Waals surface area contributed by atoms with Gasteiger partial charge in [-0.1, -0.05) is 13.3 Å². The lowest BCUT2D eigenvalue weighted by Gasteiger charge is -2.25. The summed E-state index contributed by atoms with van der Waals surface area (Å²) in [4.78, 5) is 12.8. The SMILES string of the molecule is Cl.[2H]C1([2H])N(CCC(=O)c2ccc(OCCC)cc2)C([2H])([2H])C([2H])([2H])C([2H])([2H])C1([2H])[2H]. The number of carbonyl (C=O) groups is 1. The smallest absolute Gasteiger partial charge is 0.164 e. The van der Waals surface area contributed by atoms with Gasteiger partial charge in [-0.2, -0.15) is 0 Å². The first-order valence-electron chi connectivity index (χ1n) is 11.6. The lowest BCUT2D eigenvalue weighted by Crippen LogP contribution is -2.31. The average Bonchev–Trinajstić information content (AvgIpc) is 2.65. The van der Waals surface area contributed by atoms with Gasteiger partial charge >= 0.3 is 0 Å². The average molecular weight is 322 g/mol. The molecule has 1 aliphatic heterocycles. The fourth-order valence-electron chi connectivity index (χ4n) is 1.68. The molecule has 1 heterocycles. The molecule has 0 bridgehead atoms. The second-order valence-corrected chi connectivity index (χ2v) is 4.30. The first kappa shape index (κ1) is 7.98. The molecular formula is C17H26ClNO2. The van der Waals surface area contributed by atoms with Gasteiger partial charge in [0.25, 0.3) is 0 Å². The Kier molecular flexibility index (Phi) is 3.72. The minimum atomic E-state index is -3.46. The summed E-state index contributed by atoms with van der Waals surface area (Å²) in [7, 11) is 0. The van der Waals surface area contributed by atoms with Crippen LogP contribution in [0.2, 0.25) is 0 Å². The highest BCUT2D eigenvalue weighted by Gasteiger charge is 2.12. The van der Waals surface area contributed by atoms with E-state index in [9.17, 15) is 4.79 Å². The van der Waals surface area contributed by atoms with Crippen LogP contribution in [0.4, 0.5) is 0 Å². The van der Waals surface area contributed by atoms with Gasteiger partial charge in [0.1, 0.15) is 5.75 Å². The van der Waals surface area contributed by atoms with Crippen molar-refractivity contribution in [2.24, 2.45) is 0 Å². The van der Waals surface area contributed by atoms with Crippen LogP contribution in [0.25, 0.3) is 0 Å². The van der Waals surface area contributed by atoms with E-state index in [1.54, 1.807) is 12.1 Å². The molecule has 0 saturated carbocycles. The molecule has 0 unspecified atom stereocenters. The van der Waals surface area contributed by atoms with Gasteiger partial charge in [-0.15, -0.1) is 12.4 Å². The van der Waals surface area contributed by atoms with Gasteiger partial charge in [-0.3, -0.25) is 4.79 Å². The van der Waals surface area contributed by atoms with E-state index < -0.39 is 50.9 Å². The molecule has 118 valence electrons. The van der Waals surface area contributed by atoms with Crippen molar-refractivity contribution in [2.45, 2.75) is 38.9 Å². The third-order valence-electron chi connectivity index (χ3n) is 2.72. The molecule has 1 aromatic carbocycles. The van der Waals surface area contributed by atoms with E-state index in [4.69, 9.17) is 18.4 Å². The number of Topliss-reactive ketones (excluding diaryl/α,β-unsaturated/α-hetero) is 1. The topological polar surface area (TPSA) is 29.5 Å². The van der Waals surface area contributed by atoms with E-state index >= 15 is 0 Å². The van der Waals surface area contributed by atoms with Crippen LogP contribution in [0.15, 0.2) is 24.3 Å². The highest BCUT2D eigenvalue weighted by atomic mass is 35.5. The third kappa shape index (κ3) is 6.06. The minimum absolute atomic E-state index is 0. The predicted octanol–water partition coefficient (Wildman–Crippen LogP) is 3.96. The van der Waals surface area contributed by atoms with Gasteiger partial charge in [0, 0.05) is 32.2 Å². The molecule has 0 amide bonds. The molecule has 0 aliphatic carbocycles. The maximum Gasteiger partial charge on any atom is 0.164 e. The Morgan fingerprint density at radius 2 is 1.90 bits per heavy atom. The number of halogens is 1. The Hall–Kier alpha value is -1.06. The van der Waals surface area contributed by atoms with Crippen molar-refractivity contribution in [3.8, 4) is 5.75 Å². The van der Waals surface area contributed by atoms with Crippen LogP contribution in [0.5, 0.6) is 5.75 Å². The zero-order valence-electron chi connectivity index (χ0n) is 21.8. The summed E-state index contributed by atoms with van der Waals surface area (Å²) in [5.74, 6) is 0.0964. The summed E-state index contributed by atoms with van der Waals surface area (Å²) in [5.41, 5.74) is 0.262. The van der Waals surface area contributed by atoms with Gasteiger partial charge in [0.15, 0.2) is 5.78 Å². The molecule has 1 saturated heterocycles. The number of hydrogen-bond acceptors (Lipinski definition) is 3. The van der Waals surface area contributed by atoms with E-state index in [-0.39, 0.29) is 22.9 Å². The largest absolute Gasteiger partial charge is 0.494 e. The molecular weight excluding hydrogens is 286 g/mol. The second-order valence-electron chi connectivity index (χ2n) is 4.30. The Morgan fingerprint density at radius 1 is 1.24 bits per heavy atom. The number of rotatable bonds is 7.